The van der Waals surface area contributed by atoms with E-state index in [0.717, 1.165) is 42.0 Å². The number of nitrogens with zero attached hydrogens (tertiary/aromatic N) is 4. The Bertz CT molecular complexity index is 1620. The molecule has 0 saturated carbocycles. The Labute approximate surface area is 190 Å². The highest BCUT2D eigenvalue weighted by Crippen LogP contribution is 2.33. The van der Waals surface area contributed by atoms with Crippen molar-refractivity contribution >= 4 is 11.0 Å². The van der Waals surface area contributed by atoms with Gasteiger partial charge in [0, 0.05) is 35.1 Å². The molecule has 0 aliphatic carbocycles. The minimum atomic E-state index is -0.164. The van der Waals surface area contributed by atoms with Crippen LogP contribution in [0.1, 0.15) is 17.5 Å². The predicted octanol–water partition coefficient (Wildman–Crippen LogP) is 5.34. The minimum Gasteiger partial charge on any atom is -0.324 e. The SMILES string of the molecule is N#Cc1ccccc1-c1cc(-c2nc3cccc4c3n2CCC4)cn(-c2ccccc2)c1=O. The summed E-state index contributed by atoms with van der Waals surface area (Å²) < 4.78 is 3.93. The van der Waals surface area contributed by atoms with Crippen molar-refractivity contribution in [2.45, 2.75) is 19.4 Å². The molecule has 0 radical (unpaired) electrons. The molecule has 158 valence electrons. The molecule has 2 aromatic heterocycles. The zero-order chi connectivity index (χ0) is 22.4. The van der Waals surface area contributed by atoms with E-state index in [1.54, 1.807) is 10.6 Å². The number of hydrogen-bond donors (Lipinski definition) is 0. The minimum absolute atomic E-state index is 0.164. The first-order chi connectivity index (χ1) is 16.2. The van der Waals surface area contributed by atoms with Gasteiger partial charge >= 0.3 is 0 Å². The maximum atomic E-state index is 13.6. The van der Waals surface area contributed by atoms with Crippen LogP contribution >= 0.6 is 0 Å². The van der Waals surface area contributed by atoms with Gasteiger partial charge < -0.3 is 4.57 Å². The Morgan fingerprint density at radius 3 is 2.58 bits per heavy atom. The molecule has 0 N–H and O–H groups in total. The first-order valence-corrected chi connectivity index (χ1v) is 11.0. The van der Waals surface area contributed by atoms with Gasteiger partial charge in [0.2, 0.25) is 0 Å². The van der Waals surface area contributed by atoms with Crippen LogP contribution in [0.3, 0.4) is 0 Å². The molecular weight excluding hydrogens is 408 g/mol. The van der Waals surface area contributed by atoms with E-state index in [9.17, 15) is 10.1 Å². The molecule has 5 aromatic rings. The molecule has 5 nitrogen and oxygen atoms in total. The van der Waals surface area contributed by atoms with Gasteiger partial charge in [-0.15, -0.1) is 0 Å². The summed E-state index contributed by atoms with van der Waals surface area (Å²) in [4.78, 5) is 18.6. The molecule has 3 aromatic carbocycles. The lowest BCUT2D eigenvalue weighted by Crippen LogP contribution is -2.21. The summed E-state index contributed by atoms with van der Waals surface area (Å²) in [6, 6.07) is 27.2. The van der Waals surface area contributed by atoms with Crippen molar-refractivity contribution in [2.75, 3.05) is 0 Å². The summed E-state index contributed by atoms with van der Waals surface area (Å²) in [6.07, 6.45) is 3.97. The lowest BCUT2D eigenvalue weighted by atomic mass is 10.00. The van der Waals surface area contributed by atoms with Gasteiger partial charge in [0.25, 0.3) is 5.56 Å². The summed E-state index contributed by atoms with van der Waals surface area (Å²) in [5.74, 6) is 0.845. The Balaban J connectivity index is 1.68. The molecule has 0 fully saturated rings. The molecule has 0 saturated heterocycles. The number of aromatic nitrogens is 3. The Morgan fingerprint density at radius 2 is 1.73 bits per heavy atom. The number of aryl methyl sites for hydroxylation is 2. The second-order valence-corrected chi connectivity index (χ2v) is 8.29. The molecule has 0 atom stereocenters. The molecule has 0 unspecified atom stereocenters. The Morgan fingerprint density at radius 1 is 0.909 bits per heavy atom. The van der Waals surface area contributed by atoms with Crippen molar-refractivity contribution in [1.82, 2.24) is 14.1 Å². The zero-order valence-corrected chi connectivity index (χ0v) is 17.9. The van der Waals surface area contributed by atoms with E-state index in [-0.39, 0.29) is 5.56 Å². The molecule has 0 amide bonds. The van der Waals surface area contributed by atoms with Crippen LogP contribution in [0.15, 0.2) is 89.9 Å². The van der Waals surface area contributed by atoms with E-state index >= 15 is 0 Å². The summed E-state index contributed by atoms with van der Waals surface area (Å²) in [5.41, 5.74) is 6.52. The molecule has 0 spiro atoms. The van der Waals surface area contributed by atoms with Crippen molar-refractivity contribution in [3.05, 3.63) is 107 Å². The van der Waals surface area contributed by atoms with E-state index in [1.807, 2.05) is 66.9 Å². The maximum Gasteiger partial charge on any atom is 0.263 e. The van der Waals surface area contributed by atoms with E-state index in [1.165, 1.54) is 11.1 Å². The van der Waals surface area contributed by atoms with Gasteiger partial charge in [-0.05, 0) is 48.7 Å². The van der Waals surface area contributed by atoms with Crippen LogP contribution in [0.4, 0.5) is 0 Å². The van der Waals surface area contributed by atoms with Crippen molar-refractivity contribution in [2.24, 2.45) is 0 Å². The molecule has 5 heteroatoms. The van der Waals surface area contributed by atoms with Crippen LogP contribution in [-0.2, 0) is 13.0 Å². The topological polar surface area (TPSA) is 63.6 Å². The maximum absolute atomic E-state index is 13.6. The van der Waals surface area contributed by atoms with Gasteiger partial charge in [-0.1, -0.05) is 48.5 Å². The van der Waals surface area contributed by atoms with Gasteiger partial charge in [0.1, 0.15) is 5.82 Å². The van der Waals surface area contributed by atoms with E-state index < -0.39 is 0 Å². The van der Waals surface area contributed by atoms with E-state index in [4.69, 9.17) is 4.98 Å². The summed E-state index contributed by atoms with van der Waals surface area (Å²) in [5, 5.41) is 9.68. The highest BCUT2D eigenvalue weighted by atomic mass is 16.1. The van der Waals surface area contributed by atoms with Gasteiger partial charge in [0.05, 0.1) is 22.7 Å². The lowest BCUT2D eigenvalue weighted by Gasteiger charge is -2.18. The van der Waals surface area contributed by atoms with Crippen molar-refractivity contribution < 1.29 is 0 Å². The van der Waals surface area contributed by atoms with E-state index in [0.29, 0.717) is 16.7 Å². The fraction of sp³-hybridized carbons (Fsp3) is 0.107. The van der Waals surface area contributed by atoms with Crippen LogP contribution in [-0.4, -0.2) is 14.1 Å². The Hall–Kier alpha value is -4.43. The quantitative estimate of drug-likeness (QED) is 0.390. The molecule has 33 heavy (non-hydrogen) atoms. The summed E-state index contributed by atoms with van der Waals surface area (Å²) >= 11 is 0. The molecular formula is C28H20N4O. The van der Waals surface area contributed by atoms with Crippen LogP contribution in [0.25, 0.3) is 39.2 Å². The van der Waals surface area contributed by atoms with Crippen molar-refractivity contribution in [3.63, 3.8) is 0 Å². The third-order valence-electron chi connectivity index (χ3n) is 6.33. The van der Waals surface area contributed by atoms with Gasteiger partial charge in [0.15, 0.2) is 0 Å². The molecule has 3 heterocycles. The first kappa shape index (κ1) is 19.3. The number of para-hydroxylation sites is 2. The highest BCUT2D eigenvalue weighted by Gasteiger charge is 2.21. The van der Waals surface area contributed by atoms with Gasteiger partial charge in [-0.2, -0.15) is 5.26 Å². The summed E-state index contributed by atoms with van der Waals surface area (Å²) in [6.45, 7) is 0.886. The second-order valence-electron chi connectivity index (χ2n) is 8.29. The third-order valence-corrected chi connectivity index (χ3v) is 6.33. The normalized spacial score (nSPS) is 12.6. The van der Waals surface area contributed by atoms with Crippen LogP contribution in [0.2, 0.25) is 0 Å². The van der Waals surface area contributed by atoms with Crippen LogP contribution in [0.5, 0.6) is 0 Å². The molecule has 1 aliphatic rings. The fourth-order valence-electron chi connectivity index (χ4n) is 4.82. The average molecular weight is 428 g/mol. The van der Waals surface area contributed by atoms with Crippen LogP contribution in [0, 0.1) is 11.3 Å². The lowest BCUT2D eigenvalue weighted by molar-refractivity contribution is 0.637. The third kappa shape index (κ3) is 3.07. The largest absolute Gasteiger partial charge is 0.324 e. The Kier molecular flexibility index (Phi) is 4.44. The second kappa shape index (κ2) is 7.61. The van der Waals surface area contributed by atoms with Gasteiger partial charge in [-0.3, -0.25) is 9.36 Å². The number of hydrogen-bond acceptors (Lipinski definition) is 3. The average Bonchev–Trinajstić information content (AvgIpc) is 3.25. The number of rotatable bonds is 3. The van der Waals surface area contributed by atoms with Gasteiger partial charge in [-0.25, -0.2) is 4.98 Å². The standard InChI is InChI=1S/C28H20N4O/c29-17-20-8-4-5-13-23(20)24-16-21(18-32(28(24)33)22-11-2-1-3-12-22)27-30-25-14-6-9-19-10-7-15-31(27)26(19)25/h1-6,8-9,11-14,16,18H,7,10,15H2. The summed E-state index contributed by atoms with van der Waals surface area (Å²) in [7, 11) is 0. The van der Waals surface area contributed by atoms with Crippen molar-refractivity contribution in [1.29, 1.82) is 5.26 Å². The van der Waals surface area contributed by atoms with Crippen LogP contribution < -0.4 is 5.56 Å². The monoisotopic (exact) mass is 428 g/mol. The highest BCUT2D eigenvalue weighted by molar-refractivity contribution is 5.85. The zero-order valence-electron chi connectivity index (χ0n) is 17.9. The molecule has 6 rings (SSSR count). The predicted molar refractivity (Wildman–Crippen MR) is 129 cm³/mol. The smallest absolute Gasteiger partial charge is 0.263 e. The molecule has 1 aliphatic heterocycles. The molecule has 0 bridgehead atoms. The van der Waals surface area contributed by atoms with E-state index in [2.05, 4.69) is 22.8 Å². The number of benzene rings is 3. The number of imidazole rings is 1. The number of nitriles is 1. The fourth-order valence-corrected chi connectivity index (χ4v) is 4.82. The first-order valence-electron chi connectivity index (χ1n) is 11.0. The van der Waals surface area contributed by atoms with Crippen molar-refractivity contribution in [3.8, 4) is 34.3 Å². The number of pyridine rings is 1.